The molecule has 1 aliphatic heterocycles. The number of aromatic nitrogens is 4. The highest BCUT2D eigenvalue weighted by atomic mass is 32.1. The van der Waals surface area contributed by atoms with E-state index in [1.165, 1.54) is 11.5 Å². The summed E-state index contributed by atoms with van der Waals surface area (Å²) in [6.45, 7) is 6.75. The lowest BCUT2D eigenvalue weighted by Gasteiger charge is -2.32. The molecule has 0 N–H and O–H groups in total. The van der Waals surface area contributed by atoms with Crippen molar-refractivity contribution >= 4 is 17.4 Å². The first kappa shape index (κ1) is 16.9. The number of likely N-dealkylation sites (tertiary alicyclic amines) is 1. The Balaban J connectivity index is 1.59. The van der Waals surface area contributed by atoms with E-state index in [0.29, 0.717) is 35.9 Å². The molecule has 1 saturated heterocycles. The van der Waals surface area contributed by atoms with Gasteiger partial charge in [0.25, 0.3) is 5.91 Å². The molecular formula is C17H19N5O3S. The molecule has 1 fully saturated rings. The molecule has 0 unspecified atom stereocenters. The first-order valence-corrected chi connectivity index (χ1v) is 9.30. The largest absolute Gasteiger partial charge is 0.361 e. The second-order valence-electron chi connectivity index (χ2n) is 6.61. The summed E-state index contributed by atoms with van der Waals surface area (Å²) in [7, 11) is 0. The van der Waals surface area contributed by atoms with Gasteiger partial charge >= 0.3 is 0 Å². The minimum absolute atomic E-state index is 0.0359. The van der Waals surface area contributed by atoms with Crippen LogP contribution >= 0.6 is 11.5 Å². The number of hydrogen-bond acceptors (Lipinski definition) is 8. The van der Waals surface area contributed by atoms with E-state index in [1.807, 2.05) is 17.9 Å². The monoisotopic (exact) mass is 373 g/mol. The van der Waals surface area contributed by atoms with Crippen molar-refractivity contribution in [3.8, 4) is 10.6 Å². The maximum absolute atomic E-state index is 12.9. The van der Waals surface area contributed by atoms with E-state index in [9.17, 15) is 4.79 Å². The van der Waals surface area contributed by atoms with Crippen LogP contribution in [0.2, 0.25) is 0 Å². The van der Waals surface area contributed by atoms with Gasteiger partial charge in [-0.15, -0.1) is 5.10 Å². The van der Waals surface area contributed by atoms with Gasteiger partial charge in [0.1, 0.15) is 16.2 Å². The van der Waals surface area contributed by atoms with Crippen molar-refractivity contribution in [1.82, 2.24) is 24.8 Å². The fourth-order valence-electron chi connectivity index (χ4n) is 3.44. The highest BCUT2D eigenvalue weighted by Gasteiger charge is 2.32. The number of hydrogen-bond donors (Lipinski definition) is 0. The maximum atomic E-state index is 12.9. The average molecular weight is 373 g/mol. The van der Waals surface area contributed by atoms with Gasteiger partial charge in [-0.2, -0.15) is 0 Å². The summed E-state index contributed by atoms with van der Waals surface area (Å²) in [6, 6.07) is 1.88. The van der Waals surface area contributed by atoms with Crippen LogP contribution in [0.1, 0.15) is 52.0 Å². The van der Waals surface area contributed by atoms with Gasteiger partial charge in [0.2, 0.25) is 0 Å². The zero-order chi connectivity index (χ0) is 18.3. The number of carbonyl (C=O) groups is 1. The van der Waals surface area contributed by atoms with Gasteiger partial charge in [0.15, 0.2) is 5.76 Å². The van der Waals surface area contributed by atoms with E-state index < -0.39 is 0 Å². The molecule has 26 heavy (non-hydrogen) atoms. The average Bonchev–Trinajstić information content (AvgIpc) is 3.35. The Labute approximate surface area is 154 Å². The Morgan fingerprint density at radius 2 is 2.12 bits per heavy atom. The Morgan fingerprint density at radius 1 is 1.27 bits per heavy atom. The van der Waals surface area contributed by atoms with E-state index in [-0.39, 0.29) is 11.8 Å². The van der Waals surface area contributed by atoms with Gasteiger partial charge in [-0.3, -0.25) is 4.79 Å². The number of amides is 1. The maximum Gasteiger partial charge on any atom is 0.259 e. The molecule has 9 heteroatoms. The van der Waals surface area contributed by atoms with Crippen LogP contribution in [0.3, 0.4) is 0 Å². The minimum atomic E-state index is -0.0359. The summed E-state index contributed by atoms with van der Waals surface area (Å²) in [5.74, 6) is 1.32. The Hall–Kier alpha value is -2.55. The summed E-state index contributed by atoms with van der Waals surface area (Å²) in [6.07, 6.45) is 1.86. The number of nitrogens with zero attached hydrogens (tertiary/aromatic N) is 5. The number of carbonyl (C=O) groups excluding carboxylic acids is 1. The molecule has 4 rings (SSSR count). The standard InChI is InChI=1S/C17H19N5O3S/c1-9-7-13(25-19-9)16-15(18-21-26-16)12-5-4-6-22(8-12)17(23)14-10(2)20-24-11(14)3/h7,12H,4-6,8H2,1-3H3/t12-/m0/s1. The third-order valence-electron chi connectivity index (χ3n) is 4.71. The Morgan fingerprint density at radius 3 is 2.81 bits per heavy atom. The summed E-state index contributed by atoms with van der Waals surface area (Å²) in [5, 5.41) is 12.2. The van der Waals surface area contributed by atoms with E-state index >= 15 is 0 Å². The lowest BCUT2D eigenvalue weighted by atomic mass is 9.93. The quantitative estimate of drug-likeness (QED) is 0.695. The molecule has 3 aromatic rings. The van der Waals surface area contributed by atoms with E-state index in [2.05, 4.69) is 19.9 Å². The Kier molecular flexibility index (Phi) is 4.31. The smallest absolute Gasteiger partial charge is 0.259 e. The van der Waals surface area contributed by atoms with Crippen LogP contribution in [0, 0.1) is 20.8 Å². The highest BCUT2D eigenvalue weighted by Crippen LogP contribution is 2.36. The summed E-state index contributed by atoms with van der Waals surface area (Å²) >= 11 is 1.30. The van der Waals surface area contributed by atoms with Gasteiger partial charge in [0.05, 0.1) is 17.1 Å². The van der Waals surface area contributed by atoms with Crippen LogP contribution in [0.5, 0.6) is 0 Å². The predicted molar refractivity (Wildman–Crippen MR) is 94.0 cm³/mol. The fourth-order valence-corrected chi connectivity index (χ4v) is 4.14. The molecule has 0 aliphatic carbocycles. The van der Waals surface area contributed by atoms with Crippen LogP contribution in [-0.4, -0.2) is 43.8 Å². The number of aryl methyl sites for hydroxylation is 3. The zero-order valence-electron chi connectivity index (χ0n) is 14.9. The Bertz CT molecular complexity index is 925. The predicted octanol–water partition coefficient (Wildman–Crippen LogP) is 3.13. The van der Waals surface area contributed by atoms with Crippen LogP contribution in [0.15, 0.2) is 15.1 Å². The summed E-state index contributed by atoms with van der Waals surface area (Å²) in [4.78, 5) is 15.7. The van der Waals surface area contributed by atoms with Gasteiger partial charge in [-0.25, -0.2) is 0 Å². The lowest BCUT2D eigenvalue weighted by Crippen LogP contribution is -2.39. The molecule has 0 saturated carbocycles. The lowest BCUT2D eigenvalue weighted by molar-refractivity contribution is 0.0703. The van der Waals surface area contributed by atoms with E-state index in [4.69, 9.17) is 9.05 Å². The van der Waals surface area contributed by atoms with Crippen LogP contribution in [0.4, 0.5) is 0 Å². The number of piperidine rings is 1. The van der Waals surface area contributed by atoms with Crippen LogP contribution in [-0.2, 0) is 0 Å². The second kappa shape index (κ2) is 6.64. The van der Waals surface area contributed by atoms with Gasteiger partial charge in [-0.1, -0.05) is 14.8 Å². The molecule has 1 amide bonds. The van der Waals surface area contributed by atoms with Crippen molar-refractivity contribution in [2.24, 2.45) is 0 Å². The van der Waals surface area contributed by atoms with Gasteiger partial charge < -0.3 is 13.9 Å². The van der Waals surface area contributed by atoms with E-state index in [1.54, 1.807) is 13.8 Å². The molecule has 0 radical (unpaired) electrons. The first-order valence-electron chi connectivity index (χ1n) is 8.52. The molecule has 0 aromatic carbocycles. The molecule has 1 atom stereocenters. The third-order valence-corrected chi connectivity index (χ3v) is 5.46. The van der Waals surface area contributed by atoms with Gasteiger partial charge in [-0.05, 0) is 45.1 Å². The molecule has 0 bridgehead atoms. The normalized spacial score (nSPS) is 17.7. The third kappa shape index (κ3) is 2.92. The van der Waals surface area contributed by atoms with Crippen molar-refractivity contribution in [3.05, 3.63) is 34.5 Å². The first-order chi connectivity index (χ1) is 12.5. The van der Waals surface area contributed by atoms with Crippen molar-refractivity contribution < 1.29 is 13.8 Å². The summed E-state index contributed by atoms with van der Waals surface area (Å²) in [5.41, 5.74) is 2.89. The molecule has 136 valence electrons. The fraction of sp³-hybridized carbons (Fsp3) is 0.471. The van der Waals surface area contributed by atoms with Crippen molar-refractivity contribution in [3.63, 3.8) is 0 Å². The minimum Gasteiger partial charge on any atom is -0.361 e. The van der Waals surface area contributed by atoms with Crippen molar-refractivity contribution in [1.29, 1.82) is 0 Å². The molecule has 3 aromatic heterocycles. The van der Waals surface area contributed by atoms with Crippen LogP contribution < -0.4 is 0 Å². The van der Waals surface area contributed by atoms with E-state index in [0.717, 1.165) is 29.1 Å². The van der Waals surface area contributed by atoms with Crippen molar-refractivity contribution in [2.45, 2.75) is 39.5 Å². The van der Waals surface area contributed by atoms with Gasteiger partial charge in [0, 0.05) is 25.1 Å². The molecule has 1 aliphatic rings. The SMILES string of the molecule is Cc1cc(-c2snnc2[C@H]2CCCN(C(=O)c3c(C)noc3C)C2)on1. The zero-order valence-corrected chi connectivity index (χ0v) is 15.7. The highest BCUT2D eigenvalue weighted by molar-refractivity contribution is 7.09. The van der Waals surface area contributed by atoms with Crippen molar-refractivity contribution in [2.75, 3.05) is 13.1 Å². The molecule has 8 nitrogen and oxygen atoms in total. The second-order valence-corrected chi connectivity index (χ2v) is 7.36. The molecule has 0 spiro atoms. The molecular weight excluding hydrogens is 354 g/mol. The topological polar surface area (TPSA) is 98.2 Å². The summed E-state index contributed by atoms with van der Waals surface area (Å²) < 4.78 is 14.6. The van der Waals surface area contributed by atoms with Crippen LogP contribution in [0.25, 0.3) is 10.6 Å². The molecule has 4 heterocycles. The number of rotatable bonds is 3.